The normalized spacial score (nSPS) is 14.0. The molecule has 0 saturated carbocycles. The number of rotatable bonds is 9. The summed E-state index contributed by atoms with van der Waals surface area (Å²) < 4.78 is 31.0. The maximum Gasteiger partial charge on any atom is 0.285 e. The molecule has 1 N–H and O–H groups in total. The summed E-state index contributed by atoms with van der Waals surface area (Å²) in [7, 11) is -3.86. The lowest BCUT2D eigenvalue weighted by atomic mass is 9.97. The van der Waals surface area contributed by atoms with Crippen molar-refractivity contribution in [2.24, 2.45) is 0 Å². The number of amides is 2. The third-order valence-corrected chi connectivity index (χ3v) is 8.90. The summed E-state index contributed by atoms with van der Waals surface area (Å²) in [6, 6.07) is 13.1. The summed E-state index contributed by atoms with van der Waals surface area (Å²) in [4.78, 5) is 33.6. The summed E-state index contributed by atoms with van der Waals surface area (Å²) >= 11 is 0. The molecule has 3 heterocycles. The van der Waals surface area contributed by atoms with Gasteiger partial charge in [0, 0.05) is 44.4 Å². The number of hydrogen-bond acceptors (Lipinski definition) is 9. The van der Waals surface area contributed by atoms with Crippen molar-refractivity contribution in [1.29, 1.82) is 0 Å². The summed E-state index contributed by atoms with van der Waals surface area (Å²) in [6.07, 6.45) is 4.49. The van der Waals surface area contributed by atoms with Crippen LogP contribution in [0.4, 0.5) is 5.82 Å². The van der Waals surface area contributed by atoms with Gasteiger partial charge in [-0.05, 0) is 63.4 Å². The summed E-state index contributed by atoms with van der Waals surface area (Å²) in [5.41, 5.74) is 2.97. The number of carbonyl (C=O) groups is 2. The zero-order valence-corrected chi connectivity index (χ0v) is 24.6. The predicted octanol–water partition coefficient (Wildman–Crippen LogP) is 3.08. The summed E-state index contributed by atoms with van der Waals surface area (Å²) in [6.45, 7) is 9.21. The minimum Gasteiger partial charge on any atom is -0.492 e. The molecule has 0 bridgehead atoms. The monoisotopic (exact) mass is 580 g/mol. The molecule has 0 aliphatic carbocycles. The Balaban J connectivity index is 1.31. The highest BCUT2D eigenvalue weighted by Crippen LogP contribution is 2.27. The van der Waals surface area contributed by atoms with Crippen molar-refractivity contribution in [2.75, 3.05) is 37.7 Å². The van der Waals surface area contributed by atoms with Gasteiger partial charge in [-0.3, -0.25) is 14.6 Å². The molecule has 218 valence electrons. The Morgan fingerprint density at radius 1 is 1.00 bits per heavy atom. The van der Waals surface area contributed by atoms with Crippen LogP contribution in [-0.4, -0.2) is 77.8 Å². The lowest BCUT2D eigenvalue weighted by Gasteiger charge is -2.35. The molecular weight excluding hydrogens is 544 g/mol. The van der Waals surface area contributed by atoms with E-state index in [1.807, 2.05) is 51.8 Å². The Morgan fingerprint density at radius 3 is 2.39 bits per heavy atom. The number of nitrogens with zero attached hydrogens (tertiary/aromatic N) is 5. The Bertz CT molecular complexity index is 1480. The van der Waals surface area contributed by atoms with Gasteiger partial charge in [-0.2, -0.15) is 0 Å². The van der Waals surface area contributed by atoms with Crippen LogP contribution in [0.2, 0.25) is 0 Å². The van der Waals surface area contributed by atoms with Crippen molar-refractivity contribution in [1.82, 2.24) is 24.8 Å². The maximum atomic E-state index is 13.1. The number of nitrogens with one attached hydrogen (secondary N) is 1. The molecule has 2 aromatic heterocycles. The van der Waals surface area contributed by atoms with Gasteiger partial charge in [0.15, 0.2) is 11.5 Å². The number of hydrogen-bond donors (Lipinski definition) is 1. The first-order chi connectivity index (χ1) is 19.5. The van der Waals surface area contributed by atoms with Gasteiger partial charge in [-0.15, -0.1) is 10.2 Å². The van der Waals surface area contributed by atoms with E-state index in [0.29, 0.717) is 57.2 Å². The molecule has 1 aliphatic rings. The number of piperazine rings is 1. The molecule has 1 fully saturated rings. The second-order valence-electron chi connectivity index (χ2n) is 10.7. The zero-order chi connectivity index (χ0) is 29.6. The van der Waals surface area contributed by atoms with Crippen LogP contribution >= 0.6 is 0 Å². The SMILES string of the molecule is CCOc1cncc(-c2ccccc2CCC(=O)N2CCN(c3ccc(C(=O)NS(=O)(=O)C(C)(C)C)nn3)CC2)c1. The van der Waals surface area contributed by atoms with Gasteiger partial charge in [0.2, 0.25) is 15.9 Å². The van der Waals surface area contributed by atoms with E-state index in [9.17, 15) is 18.0 Å². The zero-order valence-electron chi connectivity index (χ0n) is 23.8. The van der Waals surface area contributed by atoms with Crippen LogP contribution in [-0.2, 0) is 21.2 Å². The van der Waals surface area contributed by atoms with Crippen LogP contribution in [0.1, 0.15) is 50.2 Å². The molecule has 41 heavy (non-hydrogen) atoms. The molecule has 4 rings (SSSR count). The van der Waals surface area contributed by atoms with Crippen LogP contribution in [0.25, 0.3) is 11.1 Å². The first-order valence-electron chi connectivity index (χ1n) is 13.6. The molecule has 1 aromatic carbocycles. The van der Waals surface area contributed by atoms with Gasteiger partial charge in [-0.25, -0.2) is 13.1 Å². The van der Waals surface area contributed by atoms with E-state index in [1.165, 1.54) is 26.8 Å². The van der Waals surface area contributed by atoms with Gasteiger partial charge in [0.25, 0.3) is 5.91 Å². The van der Waals surface area contributed by atoms with Crippen molar-refractivity contribution in [3.63, 3.8) is 0 Å². The Labute approximate surface area is 241 Å². The van der Waals surface area contributed by atoms with Crippen LogP contribution in [0.15, 0.2) is 54.9 Å². The Kier molecular flexibility index (Phi) is 9.21. The molecule has 2 amide bonds. The van der Waals surface area contributed by atoms with E-state index in [1.54, 1.807) is 18.5 Å². The third kappa shape index (κ3) is 7.37. The number of carbonyl (C=O) groups excluding carboxylic acids is 2. The molecule has 0 spiro atoms. The number of aromatic nitrogens is 3. The van der Waals surface area contributed by atoms with Crippen molar-refractivity contribution in [3.8, 4) is 16.9 Å². The van der Waals surface area contributed by atoms with Gasteiger partial charge >= 0.3 is 0 Å². The van der Waals surface area contributed by atoms with Crippen molar-refractivity contribution >= 4 is 27.7 Å². The second kappa shape index (κ2) is 12.6. The summed E-state index contributed by atoms with van der Waals surface area (Å²) in [5, 5.41) is 8.05. The van der Waals surface area contributed by atoms with E-state index in [4.69, 9.17) is 4.74 Å². The maximum absolute atomic E-state index is 13.1. The van der Waals surface area contributed by atoms with E-state index < -0.39 is 20.7 Å². The van der Waals surface area contributed by atoms with Crippen molar-refractivity contribution in [2.45, 2.75) is 45.3 Å². The molecule has 12 heteroatoms. The van der Waals surface area contributed by atoms with Crippen molar-refractivity contribution < 1.29 is 22.7 Å². The number of sulfonamides is 1. The largest absolute Gasteiger partial charge is 0.492 e. The fraction of sp³-hybridized carbons (Fsp3) is 0.414. The minimum atomic E-state index is -3.86. The molecule has 0 radical (unpaired) electrons. The van der Waals surface area contributed by atoms with Crippen LogP contribution in [0.3, 0.4) is 0 Å². The van der Waals surface area contributed by atoms with Crippen LogP contribution in [0.5, 0.6) is 5.75 Å². The second-order valence-corrected chi connectivity index (χ2v) is 13.1. The molecule has 3 aromatic rings. The number of aryl methyl sites for hydroxylation is 1. The van der Waals surface area contributed by atoms with Crippen LogP contribution < -0.4 is 14.4 Å². The quantitative estimate of drug-likeness (QED) is 0.405. The summed E-state index contributed by atoms with van der Waals surface area (Å²) in [5.74, 6) is 0.530. The standard InChI is InChI=1S/C29H36N6O5S/c1-5-40-23-18-22(19-30-20-23)24-9-7-6-8-21(24)10-13-27(36)35-16-14-34(15-17-35)26-12-11-25(31-32-26)28(37)33-41(38,39)29(2,3)4/h6-9,11-12,18-20H,5,10,13-17H2,1-4H3,(H,33,37). The first-order valence-corrected chi connectivity index (χ1v) is 15.1. The van der Waals surface area contributed by atoms with Gasteiger partial charge in [0.1, 0.15) is 5.75 Å². The molecule has 0 unspecified atom stereocenters. The topological polar surface area (TPSA) is 135 Å². The van der Waals surface area contributed by atoms with E-state index in [2.05, 4.69) is 15.2 Å². The molecular formula is C29H36N6O5S. The highest BCUT2D eigenvalue weighted by Gasteiger charge is 2.31. The van der Waals surface area contributed by atoms with E-state index in [0.717, 1.165) is 16.7 Å². The first kappa shape index (κ1) is 29.9. The van der Waals surface area contributed by atoms with Crippen LogP contribution in [0, 0.1) is 0 Å². The highest BCUT2D eigenvalue weighted by atomic mass is 32.2. The molecule has 11 nitrogen and oxygen atoms in total. The number of anilines is 1. The Hall–Kier alpha value is -4.06. The lowest BCUT2D eigenvalue weighted by molar-refractivity contribution is -0.131. The number of ether oxygens (including phenoxy) is 1. The minimum absolute atomic E-state index is 0.0822. The lowest BCUT2D eigenvalue weighted by Crippen LogP contribution is -2.49. The average Bonchev–Trinajstić information content (AvgIpc) is 2.96. The third-order valence-electron chi connectivity index (χ3n) is 6.83. The average molecular weight is 581 g/mol. The van der Waals surface area contributed by atoms with E-state index in [-0.39, 0.29) is 11.6 Å². The number of pyridine rings is 1. The van der Waals surface area contributed by atoms with Crippen molar-refractivity contribution in [3.05, 3.63) is 66.1 Å². The molecule has 1 aliphatic heterocycles. The molecule has 1 saturated heterocycles. The molecule has 0 atom stereocenters. The Morgan fingerprint density at radius 2 is 1.73 bits per heavy atom. The van der Waals surface area contributed by atoms with Gasteiger partial charge < -0.3 is 14.5 Å². The number of benzene rings is 1. The predicted molar refractivity (Wildman–Crippen MR) is 156 cm³/mol. The van der Waals surface area contributed by atoms with E-state index >= 15 is 0 Å². The fourth-order valence-corrected chi connectivity index (χ4v) is 5.01. The highest BCUT2D eigenvalue weighted by molar-refractivity contribution is 7.91. The smallest absolute Gasteiger partial charge is 0.285 e. The van der Waals surface area contributed by atoms with Gasteiger partial charge in [-0.1, -0.05) is 24.3 Å². The van der Waals surface area contributed by atoms with Gasteiger partial charge in [0.05, 0.1) is 17.6 Å². The fourth-order valence-electron chi connectivity index (χ4n) is 4.36.